The summed E-state index contributed by atoms with van der Waals surface area (Å²) in [7, 11) is 0. The number of carbonyl (C=O) groups is 1. The lowest BCUT2D eigenvalue weighted by molar-refractivity contribution is -0.204. The molecular weight excluding hydrogens is 344 g/mol. The third kappa shape index (κ3) is 4.68. The summed E-state index contributed by atoms with van der Waals surface area (Å²) in [6.07, 6.45) is 10.5. The third-order valence-corrected chi connectivity index (χ3v) is 5.92. The highest BCUT2D eigenvalue weighted by atomic mass is 16.5. The molecule has 2 aliphatic heterocycles. The van der Waals surface area contributed by atoms with Gasteiger partial charge in [-0.25, -0.2) is 0 Å². The topological polar surface area (TPSA) is 60.9 Å². The van der Waals surface area contributed by atoms with Crippen LogP contribution in [0.5, 0.6) is 0 Å². The fourth-order valence-corrected chi connectivity index (χ4v) is 4.42. The van der Waals surface area contributed by atoms with E-state index in [-0.39, 0.29) is 30.3 Å². The fraction of sp³-hybridized carbons (Fsp3) is 0.714. The van der Waals surface area contributed by atoms with Crippen LogP contribution in [0, 0.1) is 6.92 Å². The van der Waals surface area contributed by atoms with E-state index in [2.05, 4.69) is 11.1 Å². The highest BCUT2D eigenvalue weighted by molar-refractivity contribution is 5.78. The Morgan fingerprint density at radius 1 is 1.22 bits per heavy atom. The number of rotatable bonds is 6. The zero-order valence-corrected chi connectivity index (χ0v) is 16.2. The first-order valence-corrected chi connectivity index (χ1v) is 10.2. The highest BCUT2D eigenvalue weighted by Crippen LogP contribution is 2.35. The predicted molar refractivity (Wildman–Crippen MR) is 100 cm³/mol. The summed E-state index contributed by atoms with van der Waals surface area (Å²) < 4.78 is 17.9. The van der Waals surface area contributed by atoms with E-state index in [1.165, 1.54) is 12.8 Å². The maximum absolute atomic E-state index is 12.3. The lowest BCUT2D eigenvalue weighted by Crippen LogP contribution is -2.67. The maximum atomic E-state index is 12.3. The van der Waals surface area contributed by atoms with Gasteiger partial charge in [0.1, 0.15) is 12.2 Å². The zero-order valence-electron chi connectivity index (χ0n) is 16.2. The Morgan fingerprint density at radius 2 is 2.04 bits per heavy atom. The summed E-state index contributed by atoms with van der Waals surface area (Å²) in [5.41, 5.74) is 2.02. The van der Waals surface area contributed by atoms with Crippen molar-refractivity contribution >= 4 is 5.91 Å². The van der Waals surface area contributed by atoms with Crippen LogP contribution in [0.4, 0.5) is 0 Å². The number of aromatic nitrogens is 1. The average Bonchev–Trinajstić information content (AvgIpc) is 3.16. The summed E-state index contributed by atoms with van der Waals surface area (Å²) in [5.74, 6) is 0.0880. The standard InChI is InChI=1S/C21H30N2O4/c1-16-8-17(11-22-10-16)12-25-19-6-7-27-21(9-19)14-23(15-21)20(24)13-26-18-4-2-3-5-18/h8,10-11,18-19H,2-7,9,12-15H2,1H3. The Balaban J connectivity index is 1.21. The predicted octanol–water partition coefficient (Wildman–Crippen LogP) is 2.63. The van der Waals surface area contributed by atoms with Crippen molar-refractivity contribution in [3.8, 4) is 0 Å². The Morgan fingerprint density at radius 3 is 2.81 bits per heavy atom. The van der Waals surface area contributed by atoms with Gasteiger partial charge in [0.05, 0.1) is 31.9 Å². The van der Waals surface area contributed by atoms with Crippen molar-refractivity contribution in [2.24, 2.45) is 0 Å². The van der Waals surface area contributed by atoms with Gasteiger partial charge in [0, 0.05) is 25.4 Å². The van der Waals surface area contributed by atoms with Gasteiger partial charge in [-0.2, -0.15) is 0 Å². The van der Waals surface area contributed by atoms with Gasteiger partial charge in [0.2, 0.25) is 5.91 Å². The number of aryl methyl sites for hydroxylation is 1. The van der Waals surface area contributed by atoms with Crippen molar-refractivity contribution in [3.63, 3.8) is 0 Å². The molecule has 3 heterocycles. The second-order valence-corrected chi connectivity index (χ2v) is 8.30. The molecule has 27 heavy (non-hydrogen) atoms. The van der Waals surface area contributed by atoms with E-state index in [0.717, 1.165) is 36.8 Å². The van der Waals surface area contributed by atoms with Gasteiger partial charge >= 0.3 is 0 Å². The van der Waals surface area contributed by atoms with E-state index in [4.69, 9.17) is 14.2 Å². The van der Waals surface area contributed by atoms with Crippen LogP contribution in [0.3, 0.4) is 0 Å². The molecule has 0 N–H and O–H groups in total. The molecule has 6 heteroatoms. The van der Waals surface area contributed by atoms with Crippen LogP contribution in [0.2, 0.25) is 0 Å². The molecule has 4 rings (SSSR count). The smallest absolute Gasteiger partial charge is 0.248 e. The first-order chi connectivity index (χ1) is 13.1. The SMILES string of the molecule is Cc1cncc(COC2CCOC3(C2)CN(C(=O)COC2CCCC2)C3)c1. The van der Waals surface area contributed by atoms with Gasteiger partial charge in [-0.15, -0.1) is 0 Å². The van der Waals surface area contributed by atoms with Gasteiger partial charge in [-0.05, 0) is 37.3 Å². The molecule has 1 unspecified atom stereocenters. The number of amides is 1. The van der Waals surface area contributed by atoms with E-state index in [0.29, 0.717) is 26.3 Å². The van der Waals surface area contributed by atoms with Crippen LogP contribution in [0.1, 0.15) is 49.7 Å². The summed E-state index contributed by atoms with van der Waals surface area (Å²) in [6, 6.07) is 2.11. The molecule has 2 saturated heterocycles. The number of hydrogen-bond donors (Lipinski definition) is 0. The molecule has 3 fully saturated rings. The van der Waals surface area contributed by atoms with Crippen molar-refractivity contribution in [3.05, 3.63) is 29.6 Å². The average molecular weight is 374 g/mol. The number of ether oxygens (including phenoxy) is 3. The Bertz CT molecular complexity index is 653. The summed E-state index contributed by atoms with van der Waals surface area (Å²) in [6.45, 7) is 4.83. The molecule has 6 nitrogen and oxygen atoms in total. The number of pyridine rings is 1. The van der Waals surface area contributed by atoms with E-state index in [1.54, 1.807) is 0 Å². The first-order valence-electron chi connectivity index (χ1n) is 10.2. The van der Waals surface area contributed by atoms with Crippen LogP contribution >= 0.6 is 0 Å². The van der Waals surface area contributed by atoms with Crippen LogP contribution < -0.4 is 0 Å². The third-order valence-electron chi connectivity index (χ3n) is 5.92. The molecule has 1 aliphatic carbocycles. The molecule has 1 aromatic rings. The maximum Gasteiger partial charge on any atom is 0.248 e. The number of hydrogen-bond acceptors (Lipinski definition) is 5. The Labute approximate surface area is 161 Å². The van der Waals surface area contributed by atoms with E-state index < -0.39 is 0 Å². The molecule has 1 amide bonds. The molecule has 0 aromatic carbocycles. The van der Waals surface area contributed by atoms with Gasteiger partial charge in [0.25, 0.3) is 0 Å². The molecular formula is C21H30N2O4. The molecule has 0 radical (unpaired) electrons. The monoisotopic (exact) mass is 374 g/mol. The molecule has 0 bridgehead atoms. The molecule has 3 aliphatic rings. The lowest BCUT2D eigenvalue weighted by atomic mass is 9.84. The van der Waals surface area contributed by atoms with Crippen LogP contribution in [-0.4, -0.2) is 59.9 Å². The van der Waals surface area contributed by atoms with Gasteiger partial charge in [-0.1, -0.05) is 18.9 Å². The summed E-state index contributed by atoms with van der Waals surface area (Å²) in [4.78, 5) is 18.4. The van der Waals surface area contributed by atoms with Crippen molar-refractivity contribution in [2.75, 3.05) is 26.3 Å². The van der Waals surface area contributed by atoms with Crippen molar-refractivity contribution in [1.29, 1.82) is 0 Å². The first kappa shape index (κ1) is 18.8. The summed E-state index contributed by atoms with van der Waals surface area (Å²) >= 11 is 0. The molecule has 1 saturated carbocycles. The van der Waals surface area contributed by atoms with Gasteiger partial charge < -0.3 is 19.1 Å². The van der Waals surface area contributed by atoms with Crippen LogP contribution in [0.25, 0.3) is 0 Å². The lowest BCUT2D eigenvalue weighted by Gasteiger charge is -2.53. The van der Waals surface area contributed by atoms with E-state index in [9.17, 15) is 4.79 Å². The Hall–Kier alpha value is -1.50. The fourth-order valence-electron chi connectivity index (χ4n) is 4.42. The normalized spacial score (nSPS) is 24.9. The van der Waals surface area contributed by atoms with Crippen LogP contribution in [-0.2, 0) is 25.6 Å². The van der Waals surface area contributed by atoms with E-state index in [1.807, 2.05) is 24.2 Å². The van der Waals surface area contributed by atoms with Crippen molar-refractivity contribution < 1.29 is 19.0 Å². The largest absolute Gasteiger partial charge is 0.373 e. The Kier molecular flexibility index (Phi) is 5.76. The number of carbonyl (C=O) groups excluding carboxylic acids is 1. The second-order valence-electron chi connectivity index (χ2n) is 8.30. The summed E-state index contributed by atoms with van der Waals surface area (Å²) in [5, 5.41) is 0. The number of likely N-dealkylation sites (tertiary alicyclic amines) is 1. The van der Waals surface area contributed by atoms with Gasteiger partial charge in [-0.3, -0.25) is 9.78 Å². The zero-order chi connectivity index (χ0) is 18.7. The van der Waals surface area contributed by atoms with Gasteiger partial charge in [0.15, 0.2) is 0 Å². The highest BCUT2D eigenvalue weighted by Gasteiger charge is 2.49. The molecule has 1 aromatic heterocycles. The molecule has 1 atom stereocenters. The quantitative estimate of drug-likeness (QED) is 0.766. The molecule has 1 spiro atoms. The van der Waals surface area contributed by atoms with Crippen molar-refractivity contribution in [2.45, 2.75) is 69.9 Å². The molecule has 148 valence electrons. The van der Waals surface area contributed by atoms with Crippen LogP contribution in [0.15, 0.2) is 18.5 Å². The second kappa shape index (κ2) is 8.25. The minimum absolute atomic E-state index is 0.0880. The number of nitrogens with zero attached hydrogens (tertiary/aromatic N) is 2. The van der Waals surface area contributed by atoms with Crippen molar-refractivity contribution in [1.82, 2.24) is 9.88 Å². The van der Waals surface area contributed by atoms with E-state index >= 15 is 0 Å². The minimum atomic E-state index is -0.225. The minimum Gasteiger partial charge on any atom is -0.373 e.